The molecule has 0 aliphatic rings. The number of unbranched alkanes of at least 4 members (excludes halogenated alkanes) is 1. The van der Waals surface area contributed by atoms with Gasteiger partial charge in [0.25, 0.3) is 0 Å². The molecular formula is C13H29N7O5. The van der Waals surface area contributed by atoms with Crippen molar-refractivity contribution in [1.29, 1.82) is 0 Å². The van der Waals surface area contributed by atoms with Crippen LogP contribution >= 0.6 is 0 Å². The smallest absolute Gasteiger partial charge is 0.320 e. The number of carbonyl (C=O) groups is 3. The van der Waals surface area contributed by atoms with E-state index in [1.54, 1.807) is 0 Å². The molecule has 0 rings (SSSR count). The Balaban J connectivity index is 0. The fraction of sp³-hybridized carbons (Fsp3) is 0.692. The number of hydrogen-bond donors (Lipinski definition) is 8. The van der Waals surface area contributed by atoms with Crippen LogP contribution in [0.25, 0.3) is 0 Å². The number of urea groups is 1. The van der Waals surface area contributed by atoms with Gasteiger partial charge >= 0.3 is 18.0 Å². The largest absolute Gasteiger partial charge is 0.480 e. The number of aliphatic carboxylic acids is 2. The first-order valence-corrected chi connectivity index (χ1v) is 7.63. The van der Waals surface area contributed by atoms with E-state index >= 15 is 0 Å². The van der Waals surface area contributed by atoms with E-state index in [0.29, 0.717) is 45.2 Å². The average Bonchev–Trinajstić information content (AvgIpc) is 2.50. The summed E-state index contributed by atoms with van der Waals surface area (Å²) in [6.07, 6.45) is 2.71. The van der Waals surface area contributed by atoms with Gasteiger partial charge in [-0.25, -0.2) is 4.79 Å². The molecule has 0 aliphatic heterocycles. The van der Waals surface area contributed by atoms with E-state index in [0.717, 1.165) is 0 Å². The van der Waals surface area contributed by atoms with Gasteiger partial charge in [0.2, 0.25) is 0 Å². The fourth-order valence-corrected chi connectivity index (χ4v) is 1.47. The lowest BCUT2D eigenvalue weighted by Gasteiger charge is -2.05. The molecule has 12 nitrogen and oxygen atoms in total. The Hall–Kier alpha value is -2.60. The maximum Gasteiger partial charge on any atom is 0.320 e. The zero-order chi connectivity index (χ0) is 19.8. The molecule has 0 heterocycles. The highest BCUT2D eigenvalue weighted by molar-refractivity contribution is 5.75. The molecule has 0 radical (unpaired) electrons. The monoisotopic (exact) mass is 363 g/mol. The van der Waals surface area contributed by atoms with Crippen LogP contribution in [-0.2, 0) is 9.59 Å². The molecule has 0 aromatic heterocycles. The van der Waals surface area contributed by atoms with Crippen LogP contribution in [0.15, 0.2) is 4.99 Å². The summed E-state index contributed by atoms with van der Waals surface area (Å²) in [6.45, 7) is 0.880. The Kier molecular flexibility index (Phi) is 14.7. The number of carboxylic acids is 2. The number of carbonyl (C=O) groups excluding carboxylic acids is 1. The fourth-order valence-electron chi connectivity index (χ4n) is 1.47. The van der Waals surface area contributed by atoms with Crippen molar-refractivity contribution in [1.82, 2.24) is 5.32 Å². The van der Waals surface area contributed by atoms with E-state index in [4.69, 9.17) is 38.9 Å². The maximum atomic E-state index is 10.3. The predicted molar refractivity (Wildman–Crippen MR) is 92.6 cm³/mol. The van der Waals surface area contributed by atoms with Crippen molar-refractivity contribution >= 4 is 23.9 Å². The molecule has 12 heteroatoms. The zero-order valence-corrected chi connectivity index (χ0v) is 14.1. The zero-order valence-electron chi connectivity index (χ0n) is 14.1. The summed E-state index contributed by atoms with van der Waals surface area (Å²) < 4.78 is 0. The van der Waals surface area contributed by atoms with Gasteiger partial charge in [0, 0.05) is 13.1 Å². The lowest BCUT2D eigenvalue weighted by Crippen LogP contribution is -2.31. The molecule has 0 aromatic rings. The molecule has 0 fully saturated rings. The minimum absolute atomic E-state index is 0.0129. The Bertz CT molecular complexity index is 440. The van der Waals surface area contributed by atoms with Crippen LogP contribution in [0.2, 0.25) is 0 Å². The number of guanidine groups is 1. The Morgan fingerprint density at radius 1 is 0.880 bits per heavy atom. The highest BCUT2D eigenvalue weighted by Gasteiger charge is 2.10. The summed E-state index contributed by atoms with van der Waals surface area (Å²) in [4.78, 5) is 34.4. The van der Waals surface area contributed by atoms with Gasteiger partial charge in [-0.15, -0.1) is 0 Å². The molecule has 2 amide bonds. The highest BCUT2D eigenvalue weighted by atomic mass is 16.4. The van der Waals surface area contributed by atoms with Gasteiger partial charge in [-0.05, 0) is 32.1 Å². The van der Waals surface area contributed by atoms with Crippen LogP contribution < -0.4 is 34.0 Å². The number of aliphatic imine (C=N–C) groups is 1. The van der Waals surface area contributed by atoms with E-state index in [2.05, 4.69) is 10.3 Å². The molecule has 0 saturated heterocycles. The molecule has 25 heavy (non-hydrogen) atoms. The van der Waals surface area contributed by atoms with E-state index in [9.17, 15) is 14.4 Å². The van der Waals surface area contributed by atoms with Crippen LogP contribution in [0.5, 0.6) is 0 Å². The van der Waals surface area contributed by atoms with Gasteiger partial charge in [0.1, 0.15) is 12.1 Å². The molecule has 0 spiro atoms. The first-order chi connectivity index (χ1) is 11.6. The number of nitrogens with one attached hydrogen (secondary N) is 1. The van der Waals surface area contributed by atoms with Gasteiger partial charge in [-0.2, -0.15) is 0 Å². The number of primary amides is 1. The van der Waals surface area contributed by atoms with Gasteiger partial charge in [-0.3, -0.25) is 14.6 Å². The minimum Gasteiger partial charge on any atom is -0.480 e. The summed E-state index contributed by atoms with van der Waals surface area (Å²) in [7, 11) is 0. The SMILES string of the molecule is NC(=O)NCCCC[C@H](N)C(=O)O.NC(N)=NCCC[C@H](N)C(=O)O. The van der Waals surface area contributed by atoms with Gasteiger partial charge in [-0.1, -0.05) is 0 Å². The van der Waals surface area contributed by atoms with E-state index < -0.39 is 30.1 Å². The average molecular weight is 363 g/mol. The standard InChI is InChI=1S/C7H15N3O3.C6H14N4O2/c8-5(6(11)12)3-1-2-4-10-7(9)13;7-4(5(11)12)2-1-3-10-6(8)9/h5H,1-4,8H2,(H,11,12)(H3,9,10,13);4H,1-3,7H2,(H,11,12)(H4,8,9,10)/t5-;4-/m00/s1. The van der Waals surface area contributed by atoms with E-state index in [-0.39, 0.29) is 5.96 Å². The Morgan fingerprint density at radius 3 is 1.76 bits per heavy atom. The molecule has 13 N–H and O–H groups in total. The molecule has 0 saturated carbocycles. The molecular weight excluding hydrogens is 334 g/mol. The number of amides is 2. The summed E-state index contributed by atoms with van der Waals surface area (Å²) in [5.74, 6) is -1.98. The second-order valence-corrected chi connectivity index (χ2v) is 5.13. The molecule has 146 valence electrons. The summed E-state index contributed by atoms with van der Waals surface area (Å²) >= 11 is 0. The lowest BCUT2D eigenvalue weighted by molar-refractivity contribution is -0.139. The maximum absolute atomic E-state index is 10.3. The molecule has 0 unspecified atom stereocenters. The van der Waals surface area contributed by atoms with Gasteiger partial charge in [0.15, 0.2) is 5.96 Å². The van der Waals surface area contributed by atoms with Crippen LogP contribution in [0.1, 0.15) is 32.1 Å². The van der Waals surface area contributed by atoms with Gasteiger partial charge in [0.05, 0.1) is 0 Å². The highest BCUT2D eigenvalue weighted by Crippen LogP contribution is 1.98. The van der Waals surface area contributed by atoms with Crippen LogP contribution in [0.4, 0.5) is 4.79 Å². The topological polar surface area (TPSA) is 246 Å². The second-order valence-electron chi connectivity index (χ2n) is 5.13. The third kappa shape index (κ3) is 19.4. The van der Waals surface area contributed by atoms with Crippen molar-refractivity contribution in [3.05, 3.63) is 0 Å². The summed E-state index contributed by atoms with van der Waals surface area (Å²) in [5, 5.41) is 19.2. The normalized spacial score (nSPS) is 12.1. The van der Waals surface area contributed by atoms with E-state index in [1.165, 1.54) is 0 Å². The number of hydrogen-bond acceptors (Lipinski definition) is 6. The Morgan fingerprint density at radius 2 is 1.36 bits per heavy atom. The third-order valence-corrected chi connectivity index (χ3v) is 2.84. The first-order valence-electron chi connectivity index (χ1n) is 7.63. The van der Waals surface area contributed by atoms with Crippen molar-refractivity contribution in [3.63, 3.8) is 0 Å². The first kappa shape index (κ1) is 24.6. The number of rotatable bonds is 11. The van der Waals surface area contributed by atoms with Gasteiger partial charge < -0.3 is 44.2 Å². The predicted octanol–water partition coefficient (Wildman–Crippen LogP) is -2.31. The van der Waals surface area contributed by atoms with Crippen molar-refractivity contribution in [2.45, 2.75) is 44.2 Å². The van der Waals surface area contributed by atoms with Crippen molar-refractivity contribution in [2.24, 2.45) is 33.7 Å². The molecule has 2 atom stereocenters. The van der Waals surface area contributed by atoms with Crippen molar-refractivity contribution < 1.29 is 24.6 Å². The van der Waals surface area contributed by atoms with Crippen molar-refractivity contribution in [3.8, 4) is 0 Å². The minimum atomic E-state index is -1.00. The number of nitrogens with two attached hydrogens (primary N) is 5. The number of carboxylic acid groups (broad SMARTS) is 2. The Labute approximate surface area is 145 Å². The van der Waals surface area contributed by atoms with Crippen molar-refractivity contribution in [2.75, 3.05) is 13.1 Å². The van der Waals surface area contributed by atoms with Crippen LogP contribution in [-0.4, -0.2) is 59.3 Å². The number of nitrogens with zero attached hydrogens (tertiary/aromatic N) is 1. The second kappa shape index (κ2) is 15.0. The quantitative estimate of drug-likeness (QED) is 0.111. The summed E-state index contributed by atoms with van der Waals surface area (Å²) in [5.41, 5.74) is 25.4. The molecule has 0 aliphatic carbocycles. The lowest BCUT2D eigenvalue weighted by atomic mass is 10.1. The summed E-state index contributed by atoms with van der Waals surface area (Å²) in [6, 6.07) is -2.20. The van der Waals surface area contributed by atoms with E-state index in [1.807, 2.05) is 0 Å². The molecule has 0 bridgehead atoms. The third-order valence-electron chi connectivity index (χ3n) is 2.84. The van der Waals surface area contributed by atoms with Crippen LogP contribution in [0, 0.1) is 0 Å². The van der Waals surface area contributed by atoms with Crippen LogP contribution in [0.3, 0.4) is 0 Å². The molecule has 0 aromatic carbocycles.